The highest BCUT2D eigenvalue weighted by molar-refractivity contribution is 5.89. The first-order valence-corrected chi connectivity index (χ1v) is 10.4. The predicted molar refractivity (Wildman–Crippen MR) is 115 cm³/mol. The van der Waals surface area contributed by atoms with Crippen LogP contribution >= 0.6 is 0 Å². The summed E-state index contributed by atoms with van der Waals surface area (Å²) in [7, 11) is 0. The van der Waals surface area contributed by atoms with Gasteiger partial charge < -0.3 is 5.11 Å². The standard InChI is InChI=1S/C24H27F2N3O2/c1-4-12-24(25,26)23-27-21(13-16(2)3)29(28-23)15-17-8-10-18(11-9-17)19-6-5-7-20(14-19)22(30)31/h5-11,14,16H,4,12-13,15H2,1-3H3,(H,30,31). The molecule has 0 aliphatic heterocycles. The largest absolute Gasteiger partial charge is 0.478 e. The summed E-state index contributed by atoms with van der Waals surface area (Å²) < 4.78 is 30.3. The molecule has 0 spiro atoms. The van der Waals surface area contributed by atoms with Gasteiger partial charge in [0.2, 0.25) is 5.82 Å². The minimum absolute atomic E-state index is 0.225. The lowest BCUT2D eigenvalue weighted by molar-refractivity contribution is -0.0232. The van der Waals surface area contributed by atoms with Crippen LogP contribution in [-0.2, 0) is 18.9 Å². The van der Waals surface area contributed by atoms with Gasteiger partial charge in [0.1, 0.15) is 5.82 Å². The zero-order valence-corrected chi connectivity index (χ0v) is 18.0. The van der Waals surface area contributed by atoms with Crippen LogP contribution in [0.4, 0.5) is 8.78 Å². The highest BCUT2D eigenvalue weighted by Gasteiger charge is 2.36. The van der Waals surface area contributed by atoms with Gasteiger partial charge in [-0.15, -0.1) is 5.10 Å². The van der Waals surface area contributed by atoms with Crippen molar-refractivity contribution in [2.45, 2.75) is 52.5 Å². The topological polar surface area (TPSA) is 68.0 Å². The monoisotopic (exact) mass is 427 g/mol. The third-order valence-electron chi connectivity index (χ3n) is 4.96. The maximum atomic E-state index is 14.4. The highest BCUT2D eigenvalue weighted by Crippen LogP contribution is 2.31. The van der Waals surface area contributed by atoms with E-state index in [0.717, 1.165) is 16.7 Å². The lowest BCUT2D eigenvalue weighted by atomic mass is 10.0. The molecule has 0 bridgehead atoms. The molecule has 5 nitrogen and oxygen atoms in total. The van der Waals surface area contributed by atoms with Crippen molar-refractivity contribution in [3.05, 3.63) is 71.3 Å². The molecule has 0 aliphatic carbocycles. The van der Waals surface area contributed by atoms with Crippen molar-refractivity contribution in [3.63, 3.8) is 0 Å². The molecule has 0 amide bonds. The van der Waals surface area contributed by atoms with Gasteiger partial charge in [0.25, 0.3) is 0 Å². The molecule has 0 radical (unpaired) electrons. The van der Waals surface area contributed by atoms with Gasteiger partial charge in [-0.1, -0.05) is 57.2 Å². The second kappa shape index (κ2) is 9.37. The number of aromatic carboxylic acids is 1. The Labute approximate surface area is 180 Å². The number of aromatic nitrogens is 3. The minimum Gasteiger partial charge on any atom is -0.478 e. The Morgan fingerprint density at radius 3 is 2.45 bits per heavy atom. The molecule has 3 rings (SSSR count). The number of rotatable bonds is 9. The Bertz CT molecular complexity index is 1040. The van der Waals surface area contributed by atoms with E-state index in [1.54, 1.807) is 29.8 Å². The molecule has 31 heavy (non-hydrogen) atoms. The molecular formula is C24H27F2N3O2. The van der Waals surface area contributed by atoms with Crippen LogP contribution in [0.3, 0.4) is 0 Å². The van der Waals surface area contributed by atoms with E-state index in [1.807, 2.05) is 44.2 Å². The second-order valence-electron chi connectivity index (χ2n) is 8.14. The molecule has 0 unspecified atom stereocenters. The van der Waals surface area contributed by atoms with E-state index >= 15 is 0 Å². The second-order valence-corrected chi connectivity index (χ2v) is 8.14. The van der Waals surface area contributed by atoms with E-state index in [4.69, 9.17) is 0 Å². The number of halogens is 2. The van der Waals surface area contributed by atoms with Crippen LogP contribution in [0.15, 0.2) is 48.5 Å². The van der Waals surface area contributed by atoms with Crippen LogP contribution < -0.4 is 0 Å². The number of benzene rings is 2. The van der Waals surface area contributed by atoms with Gasteiger partial charge in [-0.3, -0.25) is 0 Å². The average Bonchev–Trinajstić information content (AvgIpc) is 3.11. The van der Waals surface area contributed by atoms with Crippen molar-refractivity contribution >= 4 is 5.97 Å². The molecule has 1 aromatic heterocycles. The summed E-state index contributed by atoms with van der Waals surface area (Å²) in [5.74, 6) is -3.60. The fourth-order valence-corrected chi connectivity index (χ4v) is 3.41. The number of alkyl halides is 2. The SMILES string of the molecule is CCCC(F)(F)c1nc(CC(C)C)n(Cc2ccc(-c3cccc(C(=O)O)c3)cc2)n1. The molecule has 164 valence electrons. The summed E-state index contributed by atoms with van der Waals surface area (Å²) in [5.41, 5.74) is 2.80. The van der Waals surface area contributed by atoms with Crippen molar-refractivity contribution in [2.75, 3.05) is 0 Å². The predicted octanol–water partition coefficient (Wildman–Crippen LogP) is 5.78. The molecular weight excluding hydrogens is 400 g/mol. The molecule has 0 saturated heterocycles. The van der Waals surface area contributed by atoms with Crippen LogP contribution in [-0.4, -0.2) is 25.8 Å². The fraction of sp³-hybridized carbons (Fsp3) is 0.375. The van der Waals surface area contributed by atoms with E-state index in [0.29, 0.717) is 25.2 Å². The number of hydrogen-bond acceptors (Lipinski definition) is 3. The summed E-state index contributed by atoms with van der Waals surface area (Å²) in [6.45, 7) is 6.09. The van der Waals surface area contributed by atoms with Crippen LogP contribution in [0.1, 0.15) is 61.2 Å². The summed E-state index contributed by atoms with van der Waals surface area (Å²) in [6.07, 6.45) is 0.642. The first-order valence-electron chi connectivity index (χ1n) is 10.4. The van der Waals surface area contributed by atoms with E-state index in [9.17, 15) is 18.7 Å². The smallest absolute Gasteiger partial charge is 0.335 e. The molecule has 3 aromatic rings. The fourth-order valence-electron chi connectivity index (χ4n) is 3.41. The number of carboxylic acids is 1. The van der Waals surface area contributed by atoms with Gasteiger partial charge in [-0.2, -0.15) is 8.78 Å². The minimum atomic E-state index is -3.04. The van der Waals surface area contributed by atoms with Gasteiger partial charge in [-0.25, -0.2) is 14.5 Å². The van der Waals surface area contributed by atoms with Gasteiger partial charge in [0.05, 0.1) is 12.1 Å². The third kappa shape index (κ3) is 5.54. The van der Waals surface area contributed by atoms with Crippen LogP contribution in [0.25, 0.3) is 11.1 Å². The number of carbonyl (C=O) groups is 1. The van der Waals surface area contributed by atoms with Crippen molar-refractivity contribution in [1.82, 2.24) is 14.8 Å². The van der Waals surface area contributed by atoms with Crippen molar-refractivity contribution < 1.29 is 18.7 Å². The normalized spacial score (nSPS) is 11.8. The molecule has 0 saturated carbocycles. The summed E-state index contributed by atoms with van der Waals surface area (Å²) in [6, 6.07) is 14.3. The van der Waals surface area contributed by atoms with Crippen LogP contribution in [0.5, 0.6) is 0 Å². The number of nitrogens with zero attached hydrogens (tertiary/aromatic N) is 3. The Kier molecular flexibility index (Phi) is 6.83. The first-order chi connectivity index (χ1) is 14.7. The number of carboxylic acid groups (broad SMARTS) is 1. The maximum Gasteiger partial charge on any atom is 0.335 e. The van der Waals surface area contributed by atoms with Crippen molar-refractivity contribution in [2.24, 2.45) is 5.92 Å². The summed E-state index contributed by atoms with van der Waals surface area (Å²) >= 11 is 0. The molecule has 2 aromatic carbocycles. The van der Waals surface area contributed by atoms with Gasteiger partial charge in [-0.05, 0) is 41.2 Å². The van der Waals surface area contributed by atoms with Gasteiger partial charge in [0, 0.05) is 12.8 Å². The highest BCUT2D eigenvalue weighted by atomic mass is 19.3. The molecule has 0 atom stereocenters. The van der Waals surface area contributed by atoms with Gasteiger partial charge >= 0.3 is 11.9 Å². The van der Waals surface area contributed by atoms with Gasteiger partial charge in [0.15, 0.2) is 0 Å². The zero-order valence-electron chi connectivity index (χ0n) is 18.0. The van der Waals surface area contributed by atoms with E-state index in [1.165, 1.54) is 0 Å². The lowest BCUT2D eigenvalue weighted by Crippen LogP contribution is -2.15. The number of hydrogen-bond donors (Lipinski definition) is 1. The Balaban J connectivity index is 1.85. The molecule has 0 aliphatic rings. The van der Waals surface area contributed by atoms with E-state index < -0.39 is 17.7 Å². The summed E-state index contributed by atoms with van der Waals surface area (Å²) in [5, 5.41) is 13.3. The molecule has 0 fully saturated rings. The molecule has 1 heterocycles. The van der Waals surface area contributed by atoms with E-state index in [-0.39, 0.29) is 17.9 Å². The maximum absolute atomic E-state index is 14.4. The third-order valence-corrected chi connectivity index (χ3v) is 4.96. The van der Waals surface area contributed by atoms with Crippen LogP contribution in [0.2, 0.25) is 0 Å². The Morgan fingerprint density at radius 2 is 1.84 bits per heavy atom. The summed E-state index contributed by atoms with van der Waals surface area (Å²) in [4.78, 5) is 15.4. The van der Waals surface area contributed by atoms with Crippen LogP contribution in [0, 0.1) is 5.92 Å². The first kappa shape index (κ1) is 22.6. The molecule has 7 heteroatoms. The van der Waals surface area contributed by atoms with Crippen molar-refractivity contribution in [3.8, 4) is 11.1 Å². The quantitative estimate of drug-likeness (QED) is 0.470. The zero-order chi connectivity index (χ0) is 22.6. The van der Waals surface area contributed by atoms with E-state index in [2.05, 4.69) is 10.1 Å². The lowest BCUT2D eigenvalue weighted by Gasteiger charge is -2.10. The Morgan fingerprint density at radius 1 is 1.13 bits per heavy atom. The average molecular weight is 427 g/mol. The molecule has 1 N–H and O–H groups in total. The Hall–Kier alpha value is -3.09. The van der Waals surface area contributed by atoms with Crippen molar-refractivity contribution in [1.29, 1.82) is 0 Å².